The van der Waals surface area contributed by atoms with E-state index in [1.807, 2.05) is 13.8 Å². The summed E-state index contributed by atoms with van der Waals surface area (Å²) in [4.78, 5) is 38.9. The number of benzene rings is 2. The van der Waals surface area contributed by atoms with Gasteiger partial charge in [0, 0.05) is 34.8 Å². The van der Waals surface area contributed by atoms with Gasteiger partial charge >= 0.3 is 0 Å². The van der Waals surface area contributed by atoms with Crippen LogP contribution in [0.5, 0.6) is 0 Å². The van der Waals surface area contributed by atoms with E-state index in [0.717, 1.165) is 16.6 Å². The fourth-order valence-corrected chi connectivity index (χ4v) is 5.14. The molecular weight excluding hydrogens is 555 g/mol. The summed E-state index contributed by atoms with van der Waals surface area (Å²) < 4.78 is 26.4. The topological polar surface area (TPSA) is 130 Å². The molecule has 0 aliphatic carbocycles. The number of rotatable bonds is 12. The first-order chi connectivity index (χ1) is 17.7. The molecule has 0 fully saturated rings. The molecule has 0 saturated heterocycles. The number of amides is 2. The Kier molecular flexibility index (Phi) is 10.9. The van der Waals surface area contributed by atoms with Gasteiger partial charge in [0.25, 0.3) is 5.69 Å². The van der Waals surface area contributed by atoms with Crippen LogP contribution < -0.4 is 9.62 Å². The molecule has 2 aromatic rings. The zero-order chi connectivity index (χ0) is 28.8. The van der Waals surface area contributed by atoms with Gasteiger partial charge < -0.3 is 10.2 Å². The summed E-state index contributed by atoms with van der Waals surface area (Å²) in [5.41, 5.74) is 0.604. The van der Waals surface area contributed by atoms with E-state index >= 15 is 0 Å². The molecule has 1 N–H and O–H groups in total. The van der Waals surface area contributed by atoms with Crippen molar-refractivity contribution in [1.29, 1.82) is 0 Å². The summed E-state index contributed by atoms with van der Waals surface area (Å²) in [7, 11) is -4.05. The fraction of sp³-hybridized carbons (Fsp3) is 0.440. The van der Waals surface area contributed by atoms with Crippen LogP contribution in [-0.2, 0) is 26.2 Å². The summed E-state index contributed by atoms with van der Waals surface area (Å²) in [6, 6.07) is 7.43. The van der Waals surface area contributed by atoms with Gasteiger partial charge in [-0.05, 0) is 49.9 Å². The Morgan fingerprint density at radius 2 is 1.76 bits per heavy atom. The summed E-state index contributed by atoms with van der Waals surface area (Å²) >= 11 is 12.4. The molecule has 13 heteroatoms. The van der Waals surface area contributed by atoms with E-state index in [-0.39, 0.29) is 35.4 Å². The lowest BCUT2D eigenvalue weighted by atomic mass is 10.1. The second-order valence-corrected chi connectivity index (χ2v) is 11.7. The minimum atomic E-state index is -4.05. The van der Waals surface area contributed by atoms with Crippen molar-refractivity contribution in [3.05, 3.63) is 67.7 Å². The highest BCUT2D eigenvalue weighted by Crippen LogP contribution is 2.29. The quantitative estimate of drug-likeness (QED) is 0.283. The maximum absolute atomic E-state index is 13.8. The average molecular weight is 588 g/mol. The van der Waals surface area contributed by atoms with Gasteiger partial charge in [-0.1, -0.05) is 49.2 Å². The fourth-order valence-electron chi connectivity index (χ4n) is 3.77. The molecule has 0 unspecified atom stereocenters. The molecule has 2 rings (SSSR count). The Bertz CT molecular complexity index is 1300. The van der Waals surface area contributed by atoms with Crippen LogP contribution in [0.4, 0.5) is 11.4 Å². The molecule has 2 amide bonds. The normalized spacial score (nSPS) is 12.9. The number of hydrogen-bond acceptors (Lipinski definition) is 6. The smallest absolute Gasteiger partial charge is 0.271 e. The summed E-state index contributed by atoms with van der Waals surface area (Å²) in [6.45, 7) is 6.30. The van der Waals surface area contributed by atoms with E-state index in [4.69, 9.17) is 23.2 Å². The molecule has 10 nitrogen and oxygen atoms in total. The van der Waals surface area contributed by atoms with Gasteiger partial charge in [-0.2, -0.15) is 0 Å². The van der Waals surface area contributed by atoms with Crippen LogP contribution in [0.25, 0.3) is 0 Å². The molecule has 0 aliphatic rings. The van der Waals surface area contributed by atoms with Crippen LogP contribution in [0.1, 0.15) is 44.7 Å². The Hall–Kier alpha value is -2.89. The third-order valence-corrected chi connectivity index (χ3v) is 7.81. The van der Waals surface area contributed by atoms with Gasteiger partial charge in [0.05, 0.1) is 16.9 Å². The molecule has 0 radical (unpaired) electrons. The number of carbonyl (C=O) groups is 2. The lowest BCUT2D eigenvalue weighted by molar-refractivity contribution is -0.384. The number of nitro groups is 1. The SMILES string of the molecule is CC[C@@H](C)NC(=O)[C@H](CC)N(Cc1ccc(Cl)cc1Cl)C(=O)CN(c1cc([N+](=O)[O-])ccc1C)S(C)(=O)=O. The highest BCUT2D eigenvalue weighted by molar-refractivity contribution is 7.92. The average Bonchev–Trinajstić information content (AvgIpc) is 2.83. The number of halogens is 2. The van der Waals surface area contributed by atoms with Crippen molar-refractivity contribution in [2.45, 2.75) is 59.2 Å². The minimum absolute atomic E-state index is 0.00312. The van der Waals surface area contributed by atoms with Crippen molar-refractivity contribution in [1.82, 2.24) is 10.2 Å². The van der Waals surface area contributed by atoms with E-state index in [9.17, 15) is 28.1 Å². The molecule has 38 heavy (non-hydrogen) atoms. The molecule has 0 aliphatic heterocycles. The minimum Gasteiger partial charge on any atom is -0.352 e. The maximum Gasteiger partial charge on any atom is 0.271 e. The first kappa shape index (κ1) is 31.3. The van der Waals surface area contributed by atoms with E-state index < -0.39 is 39.3 Å². The van der Waals surface area contributed by atoms with Crippen molar-refractivity contribution in [2.75, 3.05) is 17.1 Å². The summed E-state index contributed by atoms with van der Waals surface area (Å²) in [6.07, 6.45) is 1.83. The molecule has 208 valence electrons. The third-order valence-electron chi connectivity index (χ3n) is 6.09. The largest absolute Gasteiger partial charge is 0.352 e. The zero-order valence-electron chi connectivity index (χ0n) is 21.9. The van der Waals surface area contributed by atoms with Crippen molar-refractivity contribution in [3.8, 4) is 0 Å². The van der Waals surface area contributed by atoms with Crippen molar-refractivity contribution >= 4 is 56.4 Å². The van der Waals surface area contributed by atoms with Gasteiger partial charge in [0.1, 0.15) is 12.6 Å². The van der Waals surface area contributed by atoms with Crippen LogP contribution in [0, 0.1) is 17.0 Å². The van der Waals surface area contributed by atoms with Gasteiger partial charge in [0.2, 0.25) is 21.8 Å². The lowest BCUT2D eigenvalue weighted by Gasteiger charge is -2.33. The van der Waals surface area contributed by atoms with E-state index in [0.29, 0.717) is 22.6 Å². The summed E-state index contributed by atoms with van der Waals surface area (Å²) in [5, 5.41) is 14.9. The lowest BCUT2D eigenvalue weighted by Crippen LogP contribution is -2.53. The van der Waals surface area contributed by atoms with E-state index in [1.165, 1.54) is 23.1 Å². The molecule has 0 saturated carbocycles. The number of aryl methyl sites for hydroxylation is 1. The second kappa shape index (κ2) is 13.3. The molecule has 0 aromatic heterocycles. The molecule has 0 bridgehead atoms. The first-order valence-electron chi connectivity index (χ1n) is 12.0. The van der Waals surface area contributed by atoms with Crippen molar-refractivity contribution in [3.63, 3.8) is 0 Å². The van der Waals surface area contributed by atoms with Crippen molar-refractivity contribution in [2.24, 2.45) is 0 Å². The number of nitrogens with zero attached hydrogens (tertiary/aromatic N) is 3. The number of sulfonamides is 1. The second-order valence-electron chi connectivity index (χ2n) is 9.00. The monoisotopic (exact) mass is 586 g/mol. The maximum atomic E-state index is 13.8. The van der Waals surface area contributed by atoms with Gasteiger partial charge in [-0.3, -0.25) is 24.0 Å². The van der Waals surface area contributed by atoms with Crippen LogP contribution >= 0.6 is 23.2 Å². The van der Waals surface area contributed by atoms with Crippen LogP contribution in [0.15, 0.2) is 36.4 Å². The van der Waals surface area contributed by atoms with Crippen LogP contribution in [-0.4, -0.2) is 54.9 Å². The van der Waals surface area contributed by atoms with E-state index in [2.05, 4.69) is 5.32 Å². The summed E-state index contributed by atoms with van der Waals surface area (Å²) in [5.74, 6) is -1.07. The van der Waals surface area contributed by atoms with Gasteiger partial charge in [-0.25, -0.2) is 8.42 Å². The molecule has 2 atom stereocenters. The Balaban J connectivity index is 2.56. The zero-order valence-corrected chi connectivity index (χ0v) is 24.2. The third kappa shape index (κ3) is 8.05. The Morgan fingerprint density at radius 3 is 2.29 bits per heavy atom. The van der Waals surface area contributed by atoms with Gasteiger partial charge in [0.15, 0.2) is 0 Å². The van der Waals surface area contributed by atoms with Gasteiger partial charge in [-0.15, -0.1) is 0 Å². The number of non-ortho nitro benzene ring substituents is 1. The molecular formula is C25H32Cl2N4O6S. The highest BCUT2D eigenvalue weighted by Gasteiger charge is 2.33. The molecule has 2 aromatic carbocycles. The predicted octanol–water partition coefficient (Wildman–Crippen LogP) is 4.70. The number of carbonyl (C=O) groups excluding carboxylic acids is 2. The number of nitrogens with one attached hydrogen (secondary N) is 1. The number of hydrogen-bond donors (Lipinski definition) is 1. The van der Waals surface area contributed by atoms with Crippen LogP contribution in [0.2, 0.25) is 10.0 Å². The molecule has 0 heterocycles. The Morgan fingerprint density at radius 1 is 1.11 bits per heavy atom. The number of anilines is 1. The predicted molar refractivity (Wildman–Crippen MR) is 149 cm³/mol. The Labute approximate surface area is 233 Å². The molecule has 0 spiro atoms. The van der Waals surface area contributed by atoms with Crippen LogP contribution in [0.3, 0.4) is 0 Å². The first-order valence-corrected chi connectivity index (χ1v) is 14.6. The number of nitro benzene ring substituents is 1. The van der Waals surface area contributed by atoms with Crippen molar-refractivity contribution < 1.29 is 22.9 Å². The highest BCUT2D eigenvalue weighted by atomic mass is 35.5. The van der Waals surface area contributed by atoms with E-state index in [1.54, 1.807) is 26.0 Å². The standard InChI is InChI=1S/C25H32Cl2N4O6S/c1-6-17(4)28-25(33)22(7-2)29(14-18-9-10-19(26)12-21(18)27)24(32)15-30(38(5,36)37)23-13-20(31(34)35)11-8-16(23)3/h8-13,17,22H,6-7,14-15H2,1-5H3,(H,28,33)/t17-,22+/m1/s1.